The molecule has 2 aliphatic heterocycles. The van der Waals surface area contributed by atoms with Gasteiger partial charge in [0.25, 0.3) is 0 Å². The zero-order chi connectivity index (χ0) is 36.3. The molecule has 3 heterocycles. The van der Waals surface area contributed by atoms with E-state index in [4.69, 9.17) is 15.2 Å². The summed E-state index contributed by atoms with van der Waals surface area (Å²) < 4.78 is 71.0. The topological polar surface area (TPSA) is 123 Å². The number of nitrogens with two attached hydrogens (primary N) is 1. The smallest absolute Gasteiger partial charge is 0.429 e. The maximum Gasteiger partial charge on any atom is 0.429 e. The molecular formula is C38H41F4N5O4. The van der Waals surface area contributed by atoms with Gasteiger partial charge in [-0.2, -0.15) is 23.1 Å². The Kier molecular flexibility index (Phi) is 10.4. The van der Waals surface area contributed by atoms with Crippen LogP contribution < -0.4 is 25.4 Å². The molecule has 51 heavy (non-hydrogen) atoms. The van der Waals surface area contributed by atoms with Crippen LogP contribution in [0.1, 0.15) is 57.6 Å². The number of aliphatic carboxylic acids is 1. The van der Waals surface area contributed by atoms with Crippen LogP contribution in [-0.4, -0.2) is 59.0 Å². The number of benzene rings is 3. The highest BCUT2D eigenvalue weighted by molar-refractivity contribution is 5.76. The average molecular weight is 708 g/mol. The van der Waals surface area contributed by atoms with Gasteiger partial charge in [-0.1, -0.05) is 62.4 Å². The zero-order valence-corrected chi connectivity index (χ0v) is 28.4. The van der Waals surface area contributed by atoms with Gasteiger partial charge < -0.3 is 30.5 Å². The number of carbonyl (C=O) groups is 1. The first-order valence-electron chi connectivity index (χ1n) is 17.1. The van der Waals surface area contributed by atoms with Crippen LogP contribution in [0.5, 0.6) is 11.6 Å². The first-order valence-corrected chi connectivity index (χ1v) is 17.1. The van der Waals surface area contributed by atoms with Gasteiger partial charge in [0.15, 0.2) is 11.6 Å². The number of hydrogen-bond acceptors (Lipinski definition) is 8. The summed E-state index contributed by atoms with van der Waals surface area (Å²) in [5.41, 5.74) is 7.41. The maximum absolute atomic E-state index is 15.0. The lowest BCUT2D eigenvalue weighted by Gasteiger charge is -2.43. The molecule has 2 unspecified atom stereocenters. The molecular weight excluding hydrogens is 666 g/mol. The molecule has 0 saturated carbocycles. The van der Waals surface area contributed by atoms with Crippen molar-refractivity contribution in [3.05, 3.63) is 84.2 Å². The zero-order valence-electron chi connectivity index (χ0n) is 28.4. The van der Waals surface area contributed by atoms with Gasteiger partial charge in [-0.25, -0.2) is 4.39 Å². The van der Waals surface area contributed by atoms with E-state index in [1.807, 2.05) is 18.7 Å². The van der Waals surface area contributed by atoms with Crippen LogP contribution in [0.2, 0.25) is 0 Å². The van der Waals surface area contributed by atoms with E-state index >= 15 is 0 Å². The van der Waals surface area contributed by atoms with E-state index in [1.165, 1.54) is 30.3 Å². The van der Waals surface area contributed by atoms with Crippen molar-refractivity contribution in [1.29, 1.82) is 0 Å². The predicted octanol–water partition coefficient (Wildman–Crippen LogP) is 7.81. The van der Waals surface area contributed by atoms with Crippen LogP contribution >= 0.6 is 0 Å². The van der Waals surface area contributed by atoms with Crippen molar-refractivity contribution < 1.29 is 36.9 Å². The summed E-state index contributed by atoms with van der Waals surface area (Å²) in [6.07, 6.45) is -3.93. The molecule has 0 amide bonds. The molecule has 6 rings (SSSR count). The molecule has 2 saturated heterocycles. The maximum atomic E-state index is 15.0. The SMILES string of the molecule is CCCOc1ccc(-c2ccc([C@@H](Oc3cc(N4CCC5(CC4)CC(C(=O)O)NC5CC)nc(N)n3)C(F)(F)F)c(-c3ccccc3)c2)cc1F. The van der Waals surface area contributed by atoms with Crippen LogP contribution in [0.3, 0.4) is 0 Å². The number of halogens is 4. The number of hydrogen-bond donors (Lipinski definition) is 3. The number of rotatable bonds is 11. The molecule has 2 aliphatic rings. The largest absolute Gasteiger partial charge is 0.491 e. The number of carboxylic acids is 1. The van der Waals surface area contributed by atoms with Crippen molar-refractivity contribution in [2.24, 2.45) is 5.41 Å². The van der Waals surface area contributed by atoms with Crippen molar-refractivity contribution in [2.45, 2.75) is 70.3 Å². The fourth-order valence-electron chi connectivity index (χ4n) is 7.39. The number of aromatic nitrogens is 2. The molecule has 0 aliphatic carbocycles. The lowest BCUT2D eigenvalue weighted by Crippen LogP contribution is -2.46. The van der Waals surface area contributed by atoms with Crippen molar-refractivity contribution >= 4 is 17.7 Å². The fraction of sp³-hybridized carbons (Fsp3) is 0.395. The Morgan fingerprint density at radius 1 is 1.02 bits per heavy atom. The highest BCUT2D eigenvalue weighted by Gasteiger charge is 2.50. The summed E-state index contributed by atoms with van der Waals surface area (Å²) in [5, 5.41) is 12.9. The summed E-state index contributed by atoms with van der Waals surface area (Å²) in [4.78, 5) is 22.0. The van der Waals surface area contributed by atoms with Gasteiger partial charge in [-0.15, -0.1) is 0 Å². The van der Waals surface area contributed by atoms with E-state index < -0.39 is 30.1 Å². The highest BCUT2D eigenvalue weighted by Crippen LogP contribution is 2.46. The van der Waals surface area contributed by atoms with Crippen molar-refractivity contribution in [3.8, 4) is 33.9 Å². The fourth-order valence-corrected chi connectivity index (χ4v) is 7.39. The Labute approximate surface area is 293 Å². The van der Waals surface area contributed by atoms with Crippen molar-refractivity contribution in [1.82, 2.24) is 15.3 Å². The van der Waals surface area contributed by atoms with Gasteiger partial charge >= 0.3 is 12.1 Å². The first-order chi connectivity index (χ1) is 24.4. The lowest BCUT2D eigenvalue weighted by atomic mass is 9.71. The second-order valence-electron chi connectivity index (χ2n) is 13.2. The Morgan fingerprint density at radius 3 is 2.37 bits per heavy atom. The van der Waals surface area contributed by atoms with Crippen molar-refractivity contribution in [3.63, 3.8) is 0 Å². The molecule has 13 heteroatoms. The Hall–Kier alpha value is -4.91. The molecule has 3 atom stereocenters. The first kappa shape index (κ1) is 35.9. The van der Waals surface area contributed by atoms with Gasteiger partial charge in [-0.3, -0.25) is 4.79 Å². The summed E-state index contributed by atoms with van der Waals surface area (Å²) in [6.45, 7) is 5.31. The van der Waals surface area contributed by atoms with E-state index in [0.29, 0.717) is 67.9 Å². The van der Waals surface area contributed by atoms with E-state index in [0.717, 1.165) is 6.42 Å². The second-order valence-corrected chi connectivity index (χ2v) is 13.2. The van der Waals surface area contributed by atoms with Gasteiger partial charge in [0.2, 0.25) is 17.9 Å². The third-order valence-electron chi connectivity index (χ3n) is 9.93. The van der Waals surface area contributed by atoms with E-state index in [9.17, 15) is 27.5 Å². The molecule has 4 aromatic rings. The normalized spacial score (nSPS) is 19.2. The standard InChI is InChI=1S/C38H41F4N5O4/c1-3-18-50-30-13-11-25(20-28(30)39)24-10-12-26(27(19-24)23-8-6-5-7-9-23)34(38(40,41)42)51-33-21-32(45-36(43)46-33)47-16-14-37(15-17-47)22-29(35(48)49)44-31(37)4-2/h5-13,19-21,29,31,34,44H,3-4,14-18,22H2,1-2H3,(H,48,49)(H2,43,45,46)/t29?,31?,34-/m1/s1. The molecule has 1 aromatic heterocycles. The monoisotopic (exact) mass is 707 g/mol. The number of nitrogens with zero attached hydrogens (tertiary/aromatic N) is 3. The highest BCUT2D eigenvalue weighted by atomic mass is 19.4. The van der Waals surface area contributed by atoms with Crippen LogP contribution in [0.4, 0.5) is 29.3 Å². The van der Waals surface area contributed by atoms with E-state index in [2.05, 4.69) is 15.3 Å². The minimum Gasteiger partial charge on any atom is -0.491 e. The van der Waals surface area contributed by atoms with Crippen LogP contribution in [0, 0.1) is 11.2 Å². The summed E-state index contributed by atoms with van der Waals surface area (Å²) >= 11 is 0. The summed E-state index contributed by atoms with van der Waals surface area (Å²) in [7, 11) is 0. The molecule has 2 fully saturated rings. The number of alkyl halides is 3. The average Bonchev–Trinajstić information content (AvgIpc) is 3.48. The number of ether oxygens (including phenoxy) is 2. The van der Waals surface area contributed by atoms with E-state index in [-0.39, 0.29) is 40.2 Å². The number of piperidine rings is 1. The van der Waals surface area contributed by atoms with Gasteiger partial charge in [-0.05, 0) is 78.0 Å². The van der Waals surface area contributed by atoms with Crippen LogP contribution in [0.15, 0.2) is 72.8 Å². The minimum atomic E-state index is -4.86. The molecule has 4 N–H and O–H groups in total. The Bertz CT molecular complexity index is 1850. The second kappa shape index (κ2) is 14.7. The molecule has 0 radical (unpaired) electrons. The molecule has 3 aromatic carbocycles. The molecule has 270 valence electrons. The van der Waals surface area contributed by atoms with Gasteiger partial charge in [0, 0.05) is 30.8 Å². The van der Waals surface area contributed by atoms with Gasteiger partial charge in [0.05, 0.1) is 6.61 Å². The predicted molar refractivity (Wildman–Crippen MR) is 186 cm³/mol. The summed E-state index contributed by atoms with van der Waals surface area (Å²) in [6, 6.07) is 18.3. The van der Waals surface area contributed by atoms with Crippen LogP contribution in [-0.2, 0) is 4.79 Å². The molecule has 0 bridgehead atoms. The van der Waals surface area contributed by atoms with E-state index in [1.54, 1.807) is 42.5 Å². The number of carboxylic acid groups (broad SMARTS) is 1. The summed E-state index contributed by atoms with van der Waals surface area (Å²) in [5.74, 6) is -1.59. The number of nitrogens with one attached hydrogen (secondary N) is 1. The minimum absolute atomic E-state index is 0.0473. The molecule has 9 nitrogen and oxygen atoms in total. The van der Waals surface area contributed by atoms with Crippen molar-refractivity contribution in [2.75, 3.05) is 30.3 Å². The van der Waals surface area contributed by atoms with Crippen LogP contribution in [0.25, 0.3) is 22.3 Å². The van der Waals surface area contributed by atoms with Gasteiger partial charge in [0.1, 0.15) is 11.9 Å². The Balaban J connectivity index is 1.30. The Morgan fingerprint density at radius 2 is 1.73 bits per heavy atom. The number of anilines is 2. The molecule has 1 spiro atoms. The quantitative estimate of drug-likeness (QED) is 0.134. The third kappa shape index (κ3) is 7.73. The third-order valence-corrected chi connectivity index (χ3v) is 9.93. The number of nitrogen functional groups attached to an aromatic ring is 1. The lowest BCUT2D eigenvalue weighted by molar-refractivity contribution is -0.198.